The molecule has 178 valence electrons. The van der Waals surface area contributed by atoms with Crippen LogP contribution in [-0.2, 0) is 19.6 Å². The smallest absolute Gasteiger partial charge is 0.332 e. The average molecular weight is 456 g/mol. The first-order valence-electron chi connectivity index (χ1n) is 11.6. The van der Waals surface area contributed by atoms with Crippen molar-refractivity contribution in [3.63, 3.8) is 0 Å². The van der Waals surface area contributed by atoms with Gasteiger partial charge in [-0.1, -0.05) is 26.0 Å². The number of imidazole rings is 1. The first-order valence-corrected chi connectivity index (χ1v) is 11.6. The van der Waals surface area contributed by atoms with E-state index in [2.05, 4.69) is 5.32 Å². The zero-order chi connectivity index (χ0) is 23.7. The lowest BCUT2D eigenvalue weighted by molar-refractivity contribution is 0.171. The van der Waals surface area contributed by atoms with Crippen LogP contribution in [-0.4, -0.2) is 43.0 Å². The number of ether oxygens (including phenoxy) is 1. The Bertz CT molecular complexity index is 1240. The highest BCUT2D eigenvalue weighted by Gasteiger charge is 2.28. The number of methoxy groups -OCH3 is 1. The molecule has 1 aromatic carbocycles. The number of nitrogens with one attached hydrogen (secondary N) is 1. The van der Waals surface area contributed by atoms with E-state index in [4.69, 9.17) is 9.72 Å². The molecule has 4 rings (SSSR count). The number of hydrogen-bond donors (Lipinski definition) is 2. The third-order valence-electron chi connectivity index (χ3n) is 6.27. The second-order valence-electron chi connectivity index (χ2n) is 9.13. The van der Waals surface area contributed by atoms with E-state index in [9.17, 15) is 14.7 Å². The lowest BCUT2D eigenvalue weighted by Gasteiger charge is -2.18. The fourth-order valence-electron chi connectivity index (χ4n) is 4.55. The van der Waals surface area contributed by atoms with Gasteiger partial charge in [0, 0.05) is 13.1 Å². The zero-order valence-corrected chi connectivity index (χ0v) is 19.7. The van der Waals surface area contributed by atoms with Gasteiger partial charge in [0.2, 0.25) is 5.95 Å². The first kappa shape index (κ1) is 23.1. The van der Waals surface area contributed by atoms with E-state index in [0.717, 1.165) is 30.6 Å². The van der Waals surface area contributed by atoms with Crippen LogP contribution in [0, 0.1) is 5.92 Å². The molecule has 1 aliphatic carbocycles. The Hall–Kier alpha value is -3.07. The highest BCUT2D eigenvalue weighted by molar-refractivity contribution is 5.74. The van der Waals surface area contributed by atoms with Crippen LogP contribution in [0.15, 0.2) is 33.9 Å². The Morgan fingerprint density at radius 2 is 1.88 bits per heavy atom. The summed E-state index contributed by atoms with van der Waals surface area (Å²) in [6.07, 6.45) is 2.02. The summed E-state index contributed by atoms with van der Waals surface area (Å²) in [4.78, 5) is 31.3. The number of benzene rings is 1. The largest absolute Gasteiger partial charge is 0.497 e. The molecule has 1 fully saturated rings. The molecular formula is C24H33N5O4. The molecule has 3 aromatic rings. The van der Waals surface area contributed by atoms with Gasteiger partial charge in [0.1, 0.15) is 5.75 Å². The minimum absolute atomic E-state index is 0.143. The van der Waals surface area contributed by atoms with E-state index in [1.54, 1.807) is 18.6 Å². The van der Waals surface area contributed by atoms with Crippen molar-refractivity contribution >= 4 is 17.1 Å². The van der Waals surface area contributed by atoms with Crippen molar-refractivity contribution in [2.24, 2.45) is 5.92 Å². The number of anilines is 1. The van der Waals surface area contributed by atoms with E-state index < -0.39 is 6.10 Å². The van der Waals surface area contributed by atoms with Crippen molar-refractivity contribution in [2.45, 2.75) is 71.8 Å². The monoisotopic (exact) mass is 455 g/mol. The van der Waals surface area contributed by atoms with Crippen LogP contribution in [0.25, 0.3) is 11.2 Å². The summed E-state index contributed by atoms with van der Waals surface area (Å²) < 4.78 is 9.98. The molecule has 2 heterocycles. The van der Waals surface area contributed by atoms with Crippen molar-refractivity contribution in [1.82, 2.24) is 18.7 Å². The van der Waals surface area contributed by atoms with Crippen LogP contribution in [0.1, 0.15) is 45.6 Å². The Kier molecular flexibility index (Phi) is 6.60. The molecule has 1 saturated carbocycles. The van der Waals surface area contributed by atoms with Gasteiger partial charge in [0.05, 0.1) is 25.8 Å². The summed E-state index contributed by atoms with van der Waals surface area (Å²) in [5, 5.41) is 13.8. The van der Waals surface area contributed by atoms with Gasteiger partial charge in [-0.2, -0.15) is 4.98 Å². The van der Waals surface area contributed by atoms with Gasteiger partial charge < -0.3 is 15.2 Å². The van der Waals surface area contributed by atoms with Crippen molar-refractivity contribution in [3.8, 4) is 5.75 Å². The zero-order valence-electron chi connectivity index (χ0n) is 19.7. The summed E-state index contributed by atoms with van der Waals surface area (Å²) in [5.41, 5.74) is 1.05. The summed E-state index contributed by atoms with van der Waals surface area (Å²) in [6.45, 7) is 6.99. The molecule has 0 saturated heterocycles. The predicted octanol–water partition coefficient (Wildman–Crippen LogP) is 2.42. The summed E-state index contributed by atoms with van der Waals surface area (Å²) in [7, 11) is 1.62. The molecule has 2 aromatic heterocycles. The van der Waals surface area contributed by atoms with Crippen LogP contribution in [0.3, 0.4) is 0 Å². The van der Waals surface area contributed by atoms with Crippen LogP contribution in [0.5, 0.6) is 5.75 Å². The number of hydrogen-bond acceptors (Lipinski definition) is 6. The predicted molar refractivity (Wildman–Crippen MR) is 128 cm³/mol. The lowest BCUT2D eigenvalue weighted by atomic mass is 10.2. The van der Waals surface area contributed by atoms with E-state index >= 15 is 0 Å². The van der Waals surface area contributed by atoms with Crippen molar-refractivity contribution < 1.29 is 9.84 Å². The van der Waals surface area contributed by atoms with Gasteiger partial charge in [-0.05, 0) is 49.8 Å². The molecule has 0 bridgehead atoms. The third kappa shape index (κ3) is 4.42. The Balaban J connectivity index is 1.92. The molecular weight excluding hydrogens is 422 g/mol. The fraction of sp³-hybridized carbons (Fsp3) is 0.542. The second kappa shape index (κ2) is 9.43. The van der Waals surface area contributed by atoms with Gasteiger partial charge in [0.15, 0.2) is 11.2 Å². The highest BCUT2D eigenvalue weighted by atomic mass is 16.5. The minimum atomic E-state index is -0.468. The Labute approximate surface area is 192 Å². The summed E-state index contributed by atoms with van der Waals surface area (Å²) >= 11 is 0. The number of aliphatic hydroxyl groups excluding tert-OH is 1. The number of fused-ring (bicyclic) bond motifs is 1. The molecule has 9 nitrogen and oxygen atoms in total. The van der Waals surface area contributed by atoms with E-state index in [0.29, 0.717) is 30.2 Å². The second-order valence-corrected chi connectivity index (χ2v) is 9.13. The molecule has 33 heavy (non-hydrogen) atoms. The topological polar surface area (TPSA) is 103 Å². The maximum atomic E-state index is 13.4. The quantitative estimate of drug-likeness (QED) is 0.541. The van der Waals surface area contributed by atoms with Gasteiger partial charge in [0.25, 0.3) is 5.56 Å². The maximum Gasteiger partial charge on any atom is 0.332 e. The maximum absolute atomic E-state index is 13.4. The first-order chi connectivity index (χ1) is 15.8. The molecule has 1 aliphatic rings. The molecule has 0 amide bonds. The molecule has 0 radical (unpaired) electrons. The number of aliphatic hydroxyl groups is 1. The van der Waals surface area contributed by atoms with Gasteiger partial charge in [-0.3, -0.25) is 18.5 Å². The van der Waals surface area contributed by atoms with Crippen LogP contribution in [0.4, 0.5) is 5.95 Å². The molecule has 9 heteroatoms. The fourth-order valence-corrected chi connectivity index (χ4v) is 4.55. The Morgan fingerprint density at radius 3 is 2.45 bits per heavy atom. The SMILES string of the molecule is CCn1c(=O)c2c(nc(NC3CCCC3O)n2Cc2ccc(OC)cc2)n(CC(C)C)c1=O. The van der Waals surface area contributed by atoms with E-state index in [1.165, 1.54) is 4.57 Å². The van der Waals surface area contributed by atoms with Crippen molar-refractivity contribution in [3.05, 3.63) is 50.7 Å². The number of rotatable bonds is 8. The van der Waals surface area contributed by atoms with Gasteiger partial charge in [-0.25, -0.2) is 4.79 Å². The van der Waals surface area contributed by atoms with Crippen LogP contribution in [0.2, 0.25) is 0 Å². The van der Waals surface area contributed by atoms with Gasteiger partial charge >= 0.3 is 5.69 Å². The molecule has 2 N–H and O–H groups in total. The van der Waals surface area contributed by atoms with Gasteiger partial charge in [-0.15, -0.1) is 0 Å². The number of nitrogens with zero attached hydrogens (tertiary/aromatic N) is 4. The summed E-state index contributed by atoms with van der Waals surface area (Å²) in [6, 6.07) is 7.50. The normalized spacial score (nSPS) is 18.4. The number of aromatic nitrogens is 4. The molecule has 2 unspecified atom stereocenters. The molecule has 0 aliphatic heterocycles. The van der Waals surface area contributed by atoms with Crippen LogP contribution >= 0.6 is 0 Å². The van der Waals surface area contributed by atoms with Crippen molar-refractivity contribution in [1.29, 1.82) is 0 Å². The minimum Gasteiger partial charge on any atom is -0.497 e. The van der Waals surface area contributed by atoms with Crippen LogP contribution < -0.4 is 21.3 Å². The van der Waals surface area contributed by atoms with E-state index in [1.807, 2.05) is 42.7 Å². The van der Waals surface area contributed by atoms with E-state index in [-0.39, 0.29) is 29.8 Å². The Morgan fingerprint density at radius 1 is 1.15 bits per heavy atom. The molecule has 2 atom stereocenters. The van der Waals surface area contributed by atoms with Crippen molar-refractivity contribution in [2.75, 3.05) is 12.4 Å². The highest BCUT2D eigenvalue weighted by Crippen LogP contribution is 2.26. The third-order valence-corrected chi connectivity index (χ3v) is 6.27. The lowest BCUT2D eigenvalue weighted by Crippen LogP contribution is -2.40. The summed E-state index contributed by atoms with van der Waals surface area (Å²) in [5.74, 6) is 1.45. The molecule has 0 spiro atoms. The standard InChI is InChI=1S/C24H33N5O4/c1-5-27-22(31)20-21(29(24(27)32)13-15(2)3)26-23(25-18-7-6-8-19(18)30)28(20)14-16-9-11-17(33-4)12-10-16/h9-12,15,18-19,30H,5-8,13-14H2,1-4H3,(H,25,26). The average Bonchev–Trinajstić information content (AvgIpc) is 3.36.